The number of pyridine rings is 1. The Bertz CT molecular complexity index is 381. The molecule has 0 saturated heterocycles. The zero-order chi connectivity index (χ0) is 9.10. The van der Waals surface area contributed by atoms with Crippen molar-refractivity contribution < 1.29 is 4.42 Å². The molecule has 0 radical (unpaired) electrons. The van der Waals surface area contributed by atoms with Crippen LogP contribution in [-0.2, 0) is 6.42 Å². The van der Waals surface area contributed by atoms with Crippen LogP contribution in [0.3, 0.4) is 0 Å². The molecule has 2 aromatic rings. The maximum absolute atomic E-state index is 5.29. The zero-order valence-electron chi connectivity index (χ0n) is 7.40. The largest absolute Gasteiger partial charge is 0.444 e. The predicted octanol–water partition coefficient (Wildman–Crippen LogP) is 2.30. The first-order chi connectivity index (χ1) is 6.40. The van der Waals surface area contributed by atoms with Gasteiger partial charge in [0.25, 0.3) is 0 Å². The molecule has 0 aliphatic rings. The second-order valence-corrected chi connectivity index (χ2v) is 2.74. The molecule has 2 rings (SSSR count). The molecule has 0 N–H and O–H groups in total. The lowest BCUT2D eigenvalue weighted by Gasteiger charge is -1.91. The standard InChI is InChI=1S/C10H10N2O/c1-2-9-7-13-10(12-9)8-4-3-5-11-6-8/h3-7H,2H2,1H3. The number of oxazole rings is 1. The van der Waals surface area contributed by atoms with Gasteiger partial charge in [-0.3, -0.25) is 4.98 Å². The van der Waals surface area contributed by atoms with Gasteiger partial charge in [-0.15, -0.1) is 0 Å². The SMILES string of the molecule is CCc1coc(-c2cccnc2)n1. The van der Waals surface area contributed by atoms with Gasteiger partial charge in [-0.2, -0.15) is 0 Å². The van der Waals surface area contributed by atoms with Gasteiger partial charge in [-0.05, 0) is 18.6 Å². The van der Waals surface area contributed by atoms with Gasteiger partial charge in [-0.25, -0.2) is 4.98 Å². The maximum atomic E-state index is 5.29. The van der Waals surface area contributed by atoms with E-state index >= 15 is 0 Å². The topological polar surface area (TPSA) is 38.9 Å². The van der Waals surface area contributed by atoms with E-state index in [1.807, 2.05) is 19.1 Å². The minimum absolute atomic E-state index is 0.643. The summed E-state index contributed by atoms with van der Waals surface area (Å²) in [6.07, 6.45) is 6.05. The van der Waals surface area contributed by atoms with E-state index in [2.05, 4.69) is 9.97 Å². The van der Waals surface area contributed by atoms with Crippen LogP contribution >= 0.6 is 0 Å². The molecule has 0 aromatic carbocycles. The van der Waals surface area contributed by atoms with Crippen molar-refractivity contribution in [1.29, 1.82) is 0 Å². The van der Waals surface area contributed by atoms with Gasteiger partial charge in [0.05, 0.1) is 11.3 Å². The minimum Gasteiger partial charge on any atom is -0.444 e. The monoisotopic (exact) mass is 174 g/mol. The molecular weight excluding hydrogens is 164 g/mol. The van der Waals surface area contributed by atoms with E-state index in [1.54, 1.807) is 18.7 Å². The highest BCUT2D eigenvalue weighted by Gasteiger charge is 2.04. The Kier molecular flexibility index (Phi) is 2.08. The van der Waals surface area contributed by atoms with Gasteiger partial charge in [0, 0.05) is 12.4 Å². The van der Waals surface area contributed by atoms with Crippen LogP contribution in [0.1, 0.15) is 12.6 Å². The number of rotatable bonds is 2. The molecule has 0 aliphatic heterocycles. The van der Waals surface area contributed by atoms with Crippen molar-refractivity contribution >= 4 is 0 Å². The van der Waals surface area contributed by atoms with Crippen molar-refractivity contribution in [1.82, 2.24) is 9.97 Å². The van der Waals surface area contributed by atoms with Gasteiger partial charge < -0.3 is 4.42 Å². The number of aromatic nitrogens is 2. The number of nitrogens with zero attached hydrogens (tertiary/aromatic N) is 2. The minimum atomic E-state index is 0.643. The molecule has 0 saturated carbocycles. The normalized spacial score (nSPS) is 10.2. The Morgan fingerprint density at radius 2 is 2.38 bits per heavy atom. The van der Waals surface area contributed by atoms with Gasteiger partial charge >= 0.3 is 0 Å². The summed E-state index contributed by atoms with van der Waals surface area (Å²) in [6.45, 7) is 2.05. The third-order valence-electron chi connectivity index (χ3n) is 1.82. The van der Waals surface area contributed by atoms with Crippen molar-refractivity contribution in [3.05, 3.63) is 36.5 Å². The fraction of sp³-hybridized carbons (Fsp3) is 0.200. The summed E-state index contributed by atoms with van der Waals surface area (Å²) < 4.78 is 5.29. The van der Waals surface area contributed by atoms with Crippen molar-refractivity contribution in [2.45, 2.75) is 13.3 Å². The number of aryl methyl sites for hydroxylation is 1. The van der Waals surface area contributed by atoms with E-state index in [9.17, 15) is 0 Å². The molecule has 0 atom stereocenters. The molecule has 3 heteroatoms. The summed E-state index contributed by atoms with van der Waals surface area (Å²) in [7, 11) is 0. The fourth-order valence-electron chi connectivity index (χ4n) is 1.09. The van der Waals surface area contributed by atoms with Crippen LogP contribution in [0.5, 0.6) is 0 Å². The van der Waals surface area contributed by atoms with Crippen molar-refractivity contribution in [2.24, 2.45) is 0 Å². The van der Waals surface area contributed by atoms with Crippen molar-refractivity contribution in [2.75, 3.05) is 0 Å². The van der Waals surface area contributed by atoms with Crippen LogP contribution in [0.4, 0.5) is 0 Å². The molecule has 13 heavy (non-hydrogen) atoms. The lowest BCUT2D eigenvalue weighted by Crippen LogP contribution is -1.81. The average Bonchev–Trinajstić information content (AvgIpc) is 2.67. The first-order valence-electron chi connectivity index (χ1n) is 4.25. The quantitative estimate of drug-likeness (QED) is 0.701. The smallest absolute Gasteiger partial charge is 0.227 e. The zero-order valence-corrected chi connectivity index (χ0v) is 7.40. The van der Waals surface area contributed by atoms with Crippen LogP contribution in [0, 0.1) is 0 Å². The highest BCUT2D eigenvalue weighted by molar-refractivity contribution is 5.50. The highest BCUT2D eigenvalue weighted by Crippen LogP contribution is 2.16. The summed E-state index contributed by atoms with van der Waals surface area (Å²) in [5.74, 6) is 0.643. The van der Waals surface area contributed by atoms with Gasteiger partial charge in [0.2, 0.25) is 5.89 Å². The molecular formula is C10H10N2O. The summed E-state index contributed by atoms with van der Waals surface area (Å²) in [6, 6.07) is 3.80. The van der Waals surface area contributed by atoms with Crippen LogP contribution in [0.15, 0.2) is 35.2 Å². The van der Waals surface area contributed by atoms with Gasteiger partial charge in [0.15, 0.2) is 0 Å². The van der Waals surface area contributed by atoms with E-state index in [4.69, 9.17) is 4.42 Å². The van der Waals surface area contributed by atoms with Gasteiger partial charge in [-0.1, -0.05) is 6.92 Å². The second-order valence-electron chi connectivity index (χ2n) is 2.74. The molecule has 0 aliphatic carbocycles. The van der Waals surface area contributed by atoms with Crippen LogP contribution in [0.25, 0.3) is 11.5 Å². The van der Waals surface area contributed by atoms with E-state index in [-0.39, 0.29) is 0 Å². The Labute approximate surface area is 76.5 Å². The molecule has 66 valence electrons. The van der Waals surface area contributed by atoms with Crippen molar-refractivity contribution in [3.63, 3.8) is 0 Å². The predicted molar refractivity (Wildman–Crippen MR) is 49.1 cm³/mol. The van der Waals surface area contributed by atoms with E-state index < -0.39 is 0 Å². The lowest BCUT2D eigenvalue weighted by atomic mass is 10.3. The molecule has 0 spiro atoms. The Morgan fingerprint density at radius 3 is 3.00 bits per heavy atom. The molecule has 0 bridgehead atoms. The van der Waals surface area contributed by atoms with Crippen LogP contribution in [-0.4, -0.2) is 9.97 Å². The van der Waals surface area contributed by atoms with Crippen molar-refractivity contribution in [3.8, 4) is 11.5 Å². The third kappa shape index (κ3) is 1.59. The van der Waals surface area contributed by atoms with Gasteiger partial charge in [0.1, 0.15) is 6.26 Å². The number of hydrogen-bond acceptors (Lipinski definition) is 3. The first kappa shape index (κ1) is 7.98. The molecule has 2 heterocycles. The molecule has 3 nitrogen and oxygen atoms in total. The third-order valence-corrected chi connectivity index (χ3v) is 1.82. The number of hydrogen-bond donors (Lipinski definition) is 0. The van der Waals surface area contributed by atoms with Crippen LogP contribution < -0.4 is 0 Å². The Morgan fingerprint density at radius 1 is 1.46 bits per heavy atom. The summed E-state index contributed by atoms with van der Waals surface area (Å²) in [5, 5.41) is 0. The van der Waals surface area contributed by atoms with E-state index in [0.717, 1.165) is 17.7 Å². The second kappa shape index (κ2) is 3.39. The molecule has 0 fully saturated rings. The first-order valence-corrected chi connectivity index (χ1v) is 4.25. The van der Waals surface area contributed by atoms with E-state index in [0.29, 0.717) is 5.89 Å². The molecule has 2 aromatic heterocycles. The highest BCUT2D eigenvalue weighted by atomic mass is 16.3. The fourth-order valence-corrected chi connectivity index (χ4v) is 1.09. The average molecular weight is 174 g/mol. The Hall–Kier alpha value is -1.64. The summed E-state index contributed by atoms with van der Waals surface area (Å²) in [4.78, 5) is 8.29. The summed E-state index contributed by atoms with van der Waals surface area (Å²) >= 11 is 0. The summed E-state index contributed by atoms with van der Waals surface area (Å²) in [5.41, 5.74) is 1.89. The van der Waals surface area contributed by atoms with E-state index in [1.165, 1.54) is 0 Å². The maximum Gasteiger partial charge on any atom is 0.227 e. The molecule has 0 amide bonds. The van der Waals surface area contributed by atoms with Crippen LogP contribution in [0.2, 0.25) is 0 Å². The lowest BCUT2D eigenvalue weighted by molar-refractivity contribution is 0.572. The Balaban J connectivity index is 2.36. The molecule has 0 unspecified atom stereocenters.